The fourth-order valence-electron chi connectivity index (χ4n) is 2.83. The van der Waals surface area contributed by atoms with Gasteiger partial charge in [0.05, 0.1) is 11.4 Å². The van der Waals surface area contributed by atoms with Crippen LogP contribution in [0.1, 0.15) is 47.1 Å². The first kappa shape index (κ1) is 12.3. The Bertz CT molecular complexity index is 665. The van der Waals surface area contributed by atoms with Crippen molar-refractivity contribution < 1.29 is 0 Å². The summed E-state index contributed by atoms with van der Waals surface area (Å²) in [5.74, 6) is 1.57. The first-order valence-electron chi connectivity index (χ1n) is 7.14. The quantitative estimate of drug-likeness (QED) is 0.941. The van der Waals surface area contributed by atoms with Crippen molar-refractivity contribution in [1.29, 1.82) is 0 Å². The third-order valence-electron chi connectivity index (χ3n) is 4.04. The summed E-state index contributed by atoms with van der Waals surface area (Å²) in [4.78, 5) is 9.56. The van der Waals surface area contributed by atoms with Gasteiger partial charge in [0, 0.05) is 36.0 Å². The van der Waals surface area contributed by atoms with E-state index in [0.29, 0.717) is 12.3 Å². The molecule has 1 N–H and O–H groups in total. The lowest BCUT2D eigenvalue weighted by Gasteiger charge is -2.09. The third kappa shape index (κ3) is 2.21. The van der Waals surface area contributed by atoms with Crippen LogP contribution in [0, 0.1) is 0 Å². The first-order valence-corrected chi connectivity index (χ1v) is 7.52. The number of halogens is 1. The Balaban J connectivity index is 1.72. The monoisotopic (exact) mass is 285 g/mol. The molecule has 2 aromatic rings. The van der Waals surface area contributed by atoms with Crippen molar-refractivity contribution >= 4 is 11.6 Å². The molecule has 0 bridgehead atoms. The zero-order chi connectivity index (χ0) is 13.5. The van der Waals surface area contributed by atoms with Gasteiger partial charge in [0.2, 0.25) is 0 Å². The van der Waals surface area contributed by atoms with E-state index >= 15 is 0 Å². The fraction of sp³-hybridized carbons (Fsp3) is 0.375. The highest BCUT2D eigenvalue weighted by molar-refractivity contribution is 6.31. The molecule has 0 spiro atoms. The number of hydrogen-bond donors (Lipinski definition) is 1. The lowest BCUT2D eigenvalue weighted by atomic mass is 10.1. The molecule has 1 aliphatic heterocycles. The van der Waals surface area contributed by atoms with Crippen molar-refractivity contribution in [3.63, 3.8) is 0 Å². The largest absolute Gasteiger partial charge is 0.307 e. The van der Waals surface area contributed by atoms with Gasteiger partial charge in [-0.25, -0.2) is 9.97 Å². The summed E-state index contributed by atoms with van der Waals surface area (Å²) < 4.78 is 0. The fourth-order valence-corrected chi connectivity index (χ4v) is 3.04. The second-order valence-corrected chi connectivity index (χ2v) is 6.00. The SMILES string of the molecule is Clc1ccccc1Cc1nc2c(c(C3CC3)n1)CNC2. The van der Waals surface area contributed by atoms with Gasteiger partial charge in [0.1, 0.15) is 5.82 Å². The smallest absolute Gasteiger partial charge is 0.133 e. The number of fused-ring (bicyclic) bond motifs is 1. The summed E-state index contributed by atoms with van der Waals surface area (Å²) in [6, 6.07) is 7.94. The highest BCUT2D eigenvalue weighted by Crippen LogP contribution is 2.42. The molecular weight excluding hydrogens is 270 g/mol. The Morgan fingerprint density at radius 1 is 1.15 bits per heavy atom. The third-order valence-corrected chi connectivity index (χ3v) is 4.40. The van der Waals surface area contributed by atoms with Gasteiger partial charge in [-0.05, 0) is 24.5 Å². The van der Waals surface area contributed by atoms with Gasteiger partial charge in [-0.15, -0.1) is 0 Å². The number of nitrogens with zero attached hydrogens (tertiary/aromatic N) is 2. The van der Waals surface area contributed by atoms with Crippen LogP contribution < -0.4 is 5.32 Å². The Hall–Kier alpha value is -1.45. The Labute approximate surface area is 123 Å². The molecule has 0 atom stereocenters. The maximum atomic E-state index is 6.24. The van der Waals surface area contributed by atoms with E-state index in [1.165, 1.54) is 29.8 Å². The Kier molecular flexibility index (Phi) is 2.97. The number of aromatic nitrogens is 2. The van der Waals surface area contributed by atoms with Gasteiger partial charge >= 0.3 is 0 Å². The van der Waals surface area contributed by atoms with Crippen LogP contribution in [0.4, 0.5) is 0 Å². The molecule has 1 aliphatic carbocycles. The number of hydrogen-bond acceptors (Lipinski definition) is 3. The van der Waals surface area contributed by atoms with Crippen LogP contribution in [0.5, 0.6) is 0 Å². The van der Waals surface area contributed by atoms with Crippen molar-refractivity contribution in [1.82, 2.24) is 15.3 Å². The number of rotatable bonds is 3. The van der Waals surface area contributed by atoms with Crippen molar-refractivity contribution in [2.75, 3.05) is 0 Å². The van der Waals surface area contributed by atoms with Crippen molar-refractivity contribution in [2.45, 2.75) is 38.3 Å². The average molecular weight is 286 g/mol. The van der Waals surface area contributed by atoms with E-state index in [0.717, 1.165) is 29.5 Å². The zero-order valence-electron chi connectivity index (χ0n) is 11.2. The molecule has 4 rings (SSSR count). The van der Waals surface area contributed by atoms with Gasteiger partial charge in [-0.2, -0.15) is 0 Å². The minimum atomic E-state index is 0.664. The molecular formula is C16H16ClN3. The van der Waals surface area contributed by atoms with Crippen LogP contribution in [-0.2, 0) is 19.5 Å². The van der Waals surface area contributed by atoms with E-state index in [2.05, 4.69) is 5.32 Å². The molecule has 4 heteroatoms. The van der Waals surface area contributed by atoms with E-state index in [-0.39, 0.29) is 0 Å². The first-order chi connectivity index (χ1) is 9.81. The lowest BCUT2D eigenvalue weighted by molar-refractivity contribution is 0.754. The molecule has 1 aromatic carbocycles. The Morgan fingerprint density at radius 2 is 2.00 bits per heavy atom. The zero-order valence-corrected chi connectivity index (χ0v) is 12.0. The van der Waals surface area contributed by atoms with Gasteiger partial charge in [0.15, 0.2) is 0 Å². The average Bonchev–Trinajstić information content (AvgIpc) is 3.19. The normalized spacial score (nSPS) is 17.2. The van der Waals surface area contributed by atoms with E-state index in [9.17, 15) is 0 Å². The molecule has 1 saturated carbocycles. The van der Waals surface area contributed by atoms with Crippen LogP contribution in [0.2, 0.25) is 5.02 Å². The second-order valence-electron chi connectivity index (χ2n) is 5.60. The van der Waals surface area contributed by atoms with E-state index in [4.69, 9.17) is 21.6 Å². The van der Waals surface area contributed by atoms with Crippen molar-refractivity contribution in [3.8, 4) is 0 Å². The molecule has 1 fully saturated rings. The molecule has 2 heterocycles. The lowest BCUT2D eigenvalue weighted by Crippen LogP contribution is -2.06. The Morgan fingerprint density at radius 3 is 2.80 bits per heavy atom. The van der Waals surface area contributed by atoms with Crippen molar-refractivity contribution in [3.05, 3.63) is 57.6 Å². The summed E-state index contributed by atoms with van der Waals surface area (Å²) in [5, 5.41) is 4.18. The summed E-state index contributed by atoms with van der Waals surface area (Å²) in [7, 11) is 0. The van der Waals surface area contributed by atoms with E-state index < -0.39 is 0 Å². The van der Waals surface area contributed by atoms with E-state index in [1.807, 2.05) is 24.3 Å². The molecule has 0 radical (unpaired) electrons. The molecule has 0 unspecified atom stereocenters. The summed E-state index contributed by atoms with van der Waals surface area (Å²) >= 11 is 6.24. The minimum Gasteiger partial charge on any atom is -0.307 e. The number of benzene rings is 1. The van der Waals surface area contributed by atoms with Crippen LogP contribution >= 0.6 is 11.6 Å². The molecule has 1 aromatic heterocycles. The van der Waals surface area contributed by atoms with Crippen LogP contribution in [0.3, 0.4) is 0 Å². The topological polar surface area (TPSA) is 37.8 Å². The van der Waals surface area contributed by atoms with E-state index in [1.54, 1.807) is 0 Å². The standard InChI is InChI=1S/C16H16ClN3/c17-13-4-2-1-3-11(13)7-15-19-14-9-18-8-12(14)16(20-15)10-5-6-10/h1-4,10,18H,5-9H2. The predicted molar refractivity (Wildman–Crippen MR) is 78.8 cm³/mol. The molecule has 2 aliphatic rings. The minimum absolute atomic E-state index is 0.664. The number of nitrogens with one attached hydrogen (secondary N) is 1. The maximum Gasteiger partial charge on any atom is 0.133 e. The summed E-state index contributed by atoms with van der Waals surface area (Å²) in [6.07, 6.45) is 3.26. The van der Waals surface area contributed by atoms with Crippen molar-refractivity contribution in [2.24, 2.45) is 0 Å². The van der Waals surface area contributed by atoms with Gasteiger partial charge in [-0.1, -0.05) is 29.8 Å². The van der Waals surface area contributed by atoms with Gasteiger partial charge in [-0.3, -0.25) is 0 Å². The highest BCUT2D eigenvalue weighted by atomic mass is 35.5. The van der Waals surface area contributed by atoms with Crippen LogP contribution in [0.25, 0.3) is 0 Å². The molecule has 3 nitrogen and oxygen atoms in total. The summed E-state index contributed by atoms with van der Waals surface area (Å²) in [5.41, 5.74) is 4.91. The molecule has 0 amide bonds. The highest BCUT2D eigenvalue weighted by Gasteiger charge is 2.31. The molecule has 102 valence electrons. The molecule has 0 saturated heterocycles. The summed E-state index contributed by atoms with van der Waals surface area (Å²) in [6.45, 7) is 1.79. The maximum absolute atomic E-state index is 6.24. The molecule has 20 heavy (non-hydrogen) atoms. The predicted octanol–water partition coefficient (Wildman–Crippen LogP) is 3.20. The van der Waals surface area contributed by atoms with Crippen LogP contribution in [-0.4, -0.2) is 9.97 Å². The van der Waals surface area contributed by atoms with Crippen LogP contribution in [0.15, 0.2) is 24.3 Å². The van der Waals surface area contributed by atoms with Gasteiger partial charge in [0.25, 0.3) is 0 Å². The van der Waals surface area contributed by atoms with Gasteiger partial charge < -0.3 is 5.32 Å². The second kappa shape index (κ2) is 4.83.